The Morgan fingerprint density at radius 3 is 2.48 bits per heavy atom. The molecule has 0 unspecified atom stereocenters. The molecule has 1 saturated carbocycles. The van der Waals surface area contributed by atoms with E-state index in [0.29, 0.717) is 54.3 Å². The summed E-state index contributed by atoms with van der Waals surface area (Å²) in [6, 6.07) is 22.9. The molecule has 0 radical (unpaired) electrons. The first-order valence-corrected chi connectivity index (χ1v) is 20.3. The van der Waals surface area contributed by atoms with E-state index in [1.807, 2.05) is 43.3 Å². The molecule has 306 valence electrons. The van der Waals surface area contributed by atoms with E-state index < -0.39 is 23.8 Å². The van der Waals surface area contributed by atoms with Crippen molar-refractivity contribution in [2.75, 3.05) is 33.5 Å². The highest BCUT2D eigenvalue weighted by Crippen LogP contribution is 2.61. The SMILES string of the molecule is C=CCO[C@@]12Oc3ccc(OC(=O)NCc4ccccc4)cc3[C@H]3[C@H](CCCCO)[C@@H](CCCCO)C=C(C(=NOCC)C[C@@H]1N(C)C(=O)c1ccc(C#N)cc1)[C@H]32. The van der Waals surface area contributed by atoms with Crippen LogP contribution >= 0.6 is 0 Å². The number of amides is 2. The first-order chi connectivity index (χ1) is 28.3. The second kappa shape index (κ2) is 19.8. The number of carbonyl (C=O) groups is 2. The molecule has 2 amide bonds. The van der Waals surface area contributed by atoms with Crippen molar-refractivity contribution >= 4 is 17.7 Å². The number of nitrogens with one attached hydrogen (secondary N) is 1. The lowest BCUT2D eigenvalue weighted by atomic mass is 9.55. The molecule has 12 heteroatoms. The van der Waals surface area contributed by atoms with E-state index in [1.54, 1.807) is 54.4 Å². The molecule has 1 heterocycles. The van der Waals surface area contributed by atoms with E-state index in [9.17, 15) is 25.1 Å². The molecule has 0 aromatic heterocycles. The van der Waals surface area contributed by atoms with Gasteiger partial charge < -0.3 is 39.5 Å². The van der Waals surface area contributed by atoms with Crippen molar-refractivity contribution in [1.82, 2.24) is 10.2 Å². The standard InChI is InChI=1S/C46H54N4O8/c1-4-25-55-46-41(50(3)44(53)33-19-17-31(29-47)18-20-33)28-39(49-56-5-2)37-26-34(15-9-11-23-51)36(16-10-12-24-52)42(43(37)46)38-27-35(21-22-40(38)58-46)57-45(54)48-30-32-13-7-6-8-14-32/h4,6-8,13-14,17-22,26-27,34,36,41-43,51-52H,1,5,9-12,15-16,23-25,28,30H2,2-3H3,(H,48,54)/t34-,36+,41-,42+,43+,46+/m0/s1. The summed E-state index contributed by atoms with van der Waals surface area (Å²) in [6.45, 7) is 6.75. The normalized spacial score (nSPS) is 23.6. The molecule has 3 aromatic carbocycles. The maximum Gasteiger partial charge on any atom is 0.412 e. The largest absolute Gasteiger partial charge is 0.459 e. The lowest BCUT2D eigenvalue weighted by Crippen LogP contribution is -2.69. The van der Waals surface area contributed by atoms with Crippen molar-refractivity contribution in [1.29, 1.82) is 5.26 Å². The van der Waals surface area contributed by atoms with E-state index in [2.05, 4.69) is 24.0 Å². The molecule has 2 aliphatic carbocycles. The zero-order chi connectivity index (χ0) is 41.1. The van der Waals surface area contributed by atoms with Gasteiger partial charge in [-0.1, -0.05) is 60.5 Å². The van der Waals surface area contributed by atoms with Crippen molar-refractivity contribution < 1.29 is 38.9 Å². The van der Waals surface area contributed by atoms with Gasteiger partial charge in [-0.3, -0.25) is 4.79 Å². The minimum atomic E-state index is -1.43. The van der Waals surface area contributed by atoms with Crippen LogP contribution in [0.1, 0.15) is 84.8 Å². The zero-order valence-corrected chi connectivity index (χ0v) is 33.3. The van der Waals surface area contributed by atoms with Gasteiger partial charge in [-0.25, -0.2) is 4.79 Å². The number of oxime groups is 1. The summed E-state index contributed by atoms with van der Waals surface area (Å²) in [5, 5.41) is 36.6. The van der Waals surface area contributed by atoms with Crippen LogP contribution < -0.4 is 14.8 Å². The number of carbonyl (C=O) groups excluding carboxylic acids is 2. The summed E-state index contributed by atoms with van der Waals surface area (Å²) in [7, 11) is 1.73. The Hall–Kier alpha value is -5.48. The molecule has 3 aliphatic rings. The fraction of sp³-hybridized carbons (Fsp3) is 0.435. The van der Waals surface area contributed by atoms with Crippen molar-refractivity contribution in [2.24, 2.45) is 22.9 Å². The highest BCUT2D eigenvalue weighted by molar-refractivity contribution is 6.03. The number of benzene rings is 3. The number of allylic oxidation sites excluding steroid dienone is 1. The molecule has 1 aliphatic heterocycles. The number of ether oxygens (including phenoxy) is 3. The van der Waals surface area contributed by atoms with Crippen LogP contribution in [0.4, 0.5) is 4.79 Å². The van der Waals surface area contributed by atoms with Gasteiger partial charge in [0, 0.05) is 50.3 Å². The Bertz CT molecular complexity index is 1990. The first kappa shape index (κ1) is 42.1. The van der Waals surface area contributed by atoms with Gasteiger partial charge >= 0.3 is 6.09 Å². The topological polar surface area (TPSA) is 163 Å². The van der Waals surface area contributed by atoms with Crippen LogP contribution in [0.3, 0.4) is 0 Å². The average molecular weight is 791 g/mol. The van der Waals surface area contributed by atoms with Crippen LogP contribution in [0.25, 0.3) is 0 Å². The van der Waals surface area contributed by atoms with Crippen LogP contribution in [0.2, 0.25) is 0 Å². The third-order valence-corrected chi connectivity index (χ3v) is 11.5. The van der Waals surface area contributed by atoms with Crippen LogP contribution in [0.5, 0.6) is 11.5 Å². The molecule has 1 fully saturated rings. The predicted octanol–water partition coefficient (Wildman–Crippen LogP) is 7.27. The van der Waals surface area contributed by atoms with Crippen molar-refractivity contribution in [3.8, 4) is 17.6 Å². The first-order valence-electron chi connectivity index (χ1n) is 20.3. The summed E-state index contributed by atoms with van der Waals surface area (Å²) in [4.78, 5) is 35.0. The smallest absolute Gasteiger partial charge is 0.412 e. The predicted molar refractivity (Wildman–Crippen MR) is 219 cm³/mol. The van der Waals surface area contributed by atoms with Gasteiger partial charge in [-0.2, -0.15) is 5.26 Å². The van der Waals surface area contributed by atoms with Gasteiger partial charge in [0.05, 0.1) is 29.9 Å². The Labute approximate surface area is 340 Å². The maximum absolute atomic E-state index is 14.4. The van der Waals surface area contributed by atoms with E-state index in [4.69, 9.17) is 24.2 Å². The van der Waals surface area contributed by atoms with E-state index in [-0.39, 0.29) is 49.9 Å². The minimum absolute atomic E-state index is 0.00198. The average Bonchev–Trinajstić information content (AvgIpc) is 3.25. The summed E-state index contributed by atoms with van der Waals surface area (Å²) < 4.78 is 20.0. The molecule has 6 atom stereocenters. The molecule has 0 bridgehead atoms. The Morgan fingerprint density at radius 1 is 1.05 bits per heavy atom. The third-order valence-electron chi connectivity index (χ3n) is 11.5. The van der Waals surface area contributed by atoms with Crippen molar-refractivity contribution in [3.63, 3.8) is 0 Å². The van der Waals surface area contributed by atoms with Gasteiger partial charge in [0.25, 0.3) is 5.91 Å². The molecule has 0 spiro atoms. The highest BCUT2D eigenvalue weighted by Gasteiger charge is 2.65. The Morgan fingerprint density at radius 2 is 1.79 bits per heavy atom. The molecule has 6 rings (SSSR count). The van der Waals surface area contributed by atoms with Gasteiger partial charge in [-0.15, -0.1) is 6.58 Å². The number of likely N-dealkylation sites (N-methyl/N-ethyl adjacent to an activating group) is 1. The lowest BCUT2D eigenvalue weighted by Gasteiger charge is -2.59. The summed E-state index contributed by atoms with van der Waals surface area (Å²) in [5.41, 5.74) is 4.20. The molecule has 58 heavy (non-hydrogen) atoms. The van der Waals surface area contributed by atoms with E-state index >= 15 is 0 Å². The van der Waals surface area contributed by atoms with Crippen molar-refractivity contribution in [2.45, 2.75) is 76.2 Å². The second-order valence-electron chi connectivity index (χ2n) is 15.0. The number of nitriles is 1. The zero-order valence-electron chi connectivity index (χ0n) is 33.3. The molecule has 12 nitrogen and oxygen atoms in total. The lowest BCUT2D eigenvalue weighted by molar-refractivity contribution is -0.252. The van der Waals surface area contributed by atoms with Crippen LogP contribution in [0.15, 0.2) is 102 Å². The van der Waals surface area contributed by atoms with Crippen LogP contribution in [-0.2, 0) is 16.1 Å². The Balaban J connectivity index is 1.50. The molecule has 0 saturated heterocycles. The molecular formula is C46H54N4O8. The number of hydrogen-bond donors (Lipinski definition) is 3. The number of fused-ring (bicyclic) bond motifs is 2. The quantitative estimate of drug-likeness (QED) is 0.0683. The summed E-state index contributed by atoms with van der Waals surface area (Å²) >= 11 is 0. The van der Waals surface area contributed by atoms with E-state index in [0.717, 1.165) is 42.4 Å². The fourth-order valence-corrected chi connectivity index (χ4v) is 8.88. The highest BCUT2D eigenvalue weighted by atomic mass is 16.7. The number of nitrogens with zero attached hydrogens (tertiary/aromatic N) is 3. The Kier molecular flexibility index (Phi) is 14.4. The number of aliphatic hydroxyl groups excluding tert-OH is 2. The van der Waals surface area contributed by atoms with Crippen molar-refractivity contribution in [3.05, 3.63) is 119 Å². The maximum atomic E-state index is 14.4. The number of unbranched alkanes of at least 4 members (excludes halogenated alkanes) is 2. The molecule has 3 aromatic rings. The van der Waals surface area contributed by atoms with Gasteiger partial charge in [-0.05, 0) is 98.0 Å². The minimum Gasteiger partial charge on any atom is -0.459 e. The van der Waals surface area contributed by atoms with Gasteiger partial charge in [0.15, 0.2) is 0 Å². The third kappa shape index (κ3) is 9.12. The molecular weight excluding hydrogens is 737 g/mol. The monoisotopic (exact) mass is 790 g/mol. The van der Waals surface area contributed by atoms with E-state index in [1.165, 1.54) is 0 Å². The summed E-state index contributed by atoms with van der Waals surface area (Å²) in [5.74, 6) is -1.57. The van der Waals surface area contributed by atoms with Gasteiger partial charge in [0.2, 0.25) is 5.79 Å². The molecule has 3 N–H and O–H groups in total. The van der Waals surface area contributed by atoms with Crippen LogP contribution in [-0.4, -0.2) is 78.1 Å². The van der Waals surface area contributed by atoms with Crippen LogP contribution in [0, 0.1) is 29.1 Å². The number of hydrogen-bond acceptors (Lipinski definition) is 10. The number of rotatable bonds is 18. The fourth-order valence-electron chi connectivity index (χ4n) is 8.88. The summed E-state index contributed by atoms with van der Waals surface area (Å²) in [6.07, 6.45) is 8.00. The van der Waals surface area contributed by atoms with Gasteiger partial charge in [0.1, 0.15) is 24.1 Å². The second-order valence-corrected chi connectivity index (χ2v) is 15.0. The number of aliphatic hydroxyl groups is 2.